The molecule has 0 aromatic heterocycles. The standard InChI is InChI=1S/C12H21N3O2S/c1-3-10-8-18-12(14-10)13-9(2)11(16)15-4-6-17-7-5-15/h9-10H,3-8H2,1-2H3,(H,13,14). The van der Waals surface area contributed by atoms with Crippen molar-refractivity contribution in [3.8, 4) is 0 Å². The SMILES string of the molecule is CCC1CSC(NC(C)C(=O)N2CCOCC2)=N1. The van der Waals surface area contributed by atoms with Crippen LogP contribution >= 0.6 is 11.8 Å². The number of morpholine rings is 1. The minimum Gasteiger partial charge on any atom is -0.378 e. The lowest BCUT2D eigenvalue weighted by molar-refractivity contribution is -0.136. The first-order valence-corrected chi connectivity index (χ1v) is 7.53. The minimum atomic E-state index is -0.204. The molecule has 0 radical (unpaired) electrons. The van der Waals surface area contributed by atoms with Crippen molar-refractivity contribution >= 4 is 22.8 Å². The van der Waals surface area contributed by atoms with E-state index in [9.17, 15) is 4.79 Å². The summed E-state index contributed by atoms with van der Waals surface area (Å²) in [5, 5.41) is 4.13. The number of hydrogen-bond donors (Lipinski definition) is 1. The number of ether oxygens (including phenoxy) is 1. The van der Waals surface area contributed by atoms with Gasteiger partial charge in [0.25, 0.3) is 0 Å². The molecular weight excluding hydrogens is 250 g/mol. The van der Waals surface area contributed by atoms with Crippen LogP contribution in [-0.4, -0.2) is 60.1 Å². The van der Waals surface area contributed by atoms with Crippen LogP contribution < -0.4 is 5.32 Å². The molecule has 1 N–H and O–H groups in total. The maximum Gasteiger partial charge on any atom is 0.244 e. The van der Waals surface area contributed by atoms with Gasteiger partial charge in [-0.1, -0.05) is 18.7 Å². The lowest BCUT2D eigenvalue weighted by Gasteiger charge is -2.29. The van der Waals surface area contributed by atoms with Crippen molar-refractivity contribution in [3.05, 3.63) is 0 Å². The second-order valence-electron chi connectivity index (χ2n) is 4.61. The highest BCUT2D eigenvalue weighted by molar-refractivity contribution is 8.14. The van der Waals surface area contributed by atoms with Crippen LogP contribution in [0.15, 0.2) is 4.99 Å². The third-order valence-corrected chi connectivity index (χ3v) is 4.26. The number of thioether (sulfide) groups is 1. The molecule has 2 aliphatic heterocycles. The molecule has 102 valence electrons. The predicted molar refractivity (Wildman–Crippen MR) is 74.0 cm³/mol. The highest BCUT2D eigenvalue weighted by Crippen LogP contribution is 2.19. The van der Waals surface area contributed by atoms with E-state index in [0.717, 1.165) is 17.3 Å². The fourth-order valence-corrected chi connectivity index (χ4v) is 3.15. The molecular formula is C12H21N3O2S. The van der Waals surface area contributed by atoms with Gasteiger partial charge in [-0.25, -0.2) is 0 Å². The van der Waals surface area contributed by atoms with Crippen molar-refractivity contribution in [2.45, 2.75) is 32.4 Å². The van der Waals surface area contributed by atoms with E-state index >= 15 is 0 Å². The first-order valence-electron chi connectivity index (χ1n) is 6.54. The maximum atomic E-state index is 12.2. The highest BCUT2D eigenvalue weighted by Gasteiger charge is 2.25. The van der Waals surface area contributed by atoms with Gasteiger partial charge in [-0.2, -0.15) is 0 Å². The largest absolute Gasteiger partial charge is 0.378 e. The fourth-order valence-electron chi connectivity index (χ4n) is 2.01. The molecule has 18 heavy (non-hydrogen) atoms. The minimum absolute atomic E-state index is 0.140. The van der Waals surface area contributed by atoms with Gasteiger partial charge < -0.3 is 15.0 Å². The zero-order valence-electron chi connectivity index (χ0n) is 11.0. The molecule has 6 heteroatoms. The Morgan fingerprint density at radius 1 is 1.61 bits per heavy atom. The smallest absolute Gasteiger partial charge is 0.244 e. The first-order chi connectivity index (χ1) is 8.70. The van der Waals surface area contributed by atoms with Gasteiger partial charge in [-0.05, 0) is 13.3 Å². The summed E-state index contributed by atoms with van der Waals surface area (Å²) in [5.41, 5.74) is 0. The van der Waals surface area contributed by atoms with Crippen molar-refractivity contribution in [1.29, 1.82) is 0 Å². The van der Waals surface area contributed by atoms with E-state index in [-0.39, 0.29) is 11.9 Å². The zero-order valence-corrected chi connectivity index (χ0v) is 11.8. The molecule has 0 spiro atoms. The number of rotatable bonds is 3. The molecule has 1 fully saturated rings. The molecule has 2 atom stereocenters. The van der Waals surface area contributed by atoms with E-state index in [1.807, 2.05) is 11.8 Å². The summed E-state index contributed by atoms with van der Waals surface area (Å²) in [5.74, 6) is 1.17. The Hall–Kier alpha value is -0.750. The monoisotopic (exact) mass is 271 g/mol. The van der Waals surface area contributed by atoms with Gasteiger partial charge in [0.1, 0.15) is 6.04 Å². The highest BCUT2D eigenvalue weighted by atomic mass is 32.2. The Morgan fingerprint density at radius 3 is 2.94 bits per heavy atom. The normalized spacial score (nSPS) is 25.8. The number of nitrogens with zero attached hydrogens (tertiary/aromatic N) is 2. The number of amidine groups is 1. The van der Waals surface area contributed by atoms with Gasteiger partial charge in [-0.15, -0.1) is 0 Å². The summed E-state index contributed by atoms with van der Waals surface area (Å²) in [7, 11) is 0. The topological polar surface area (TPSA) is 53.9 Å². The van der Waals surface area contributed by atoms with E-state index in [2.05, 4.69) is 17.2 Å². The summed E-state index contributed by atoms with van der Waals surface area (Å²) in [6, 6.07) is 0.202. The third-order valence-electron chi connectivity index (χ3n) is 3.22. The van der Waals surface area contributed by atoms with Gasteiger partial charge in [0.15, 0.2) is 5.17 Å². The van der Waals surface area contributed by atoms with Crippen LogP contribution in [0.3, 0.4) is 0 Å². The maximum absolute atomic E-state index is 12.2. The summed E-state index contributed by atoms with van der Waals surface area (Å²) < 4.78 is 5.25. The van der Waals surface area contributed by atoms with Crippen molar-refractivity contribution < 1.29 is 9.53 Å². The van der Waals surface area contributed by atoms with E-state index in [1.54, 1.807) is 11.8 Å². The zero-order chi connectivity index (χ0) is 13.0. The molecule has 1 amide bonds. The Balaban J connectivity index is 1.83. The fraction of sp³-hybridized carbons (Fsp3) is 0.833. The summed E-state index contributed by atoms with van der Waals surface area (Å²) in [4.78, 5) is 18.6. The van der Waals surface area contributed by atoms with Crippen molar-refractivity contribution in [2.75, 3.05) is 32.1 Å². The Bertz CT molecular complexity index is 329. The average Bonchev–Trinajstić information content (AvgIpc) is 2.86. The summed E-state index contributed by atoms with van der Waals surface area (Å²) in [6.45, 7) is 6.72. The molecule has 5 nitrogen and oxygen atoms in total. The van der Waals surface area contributed by atoms with Gasteiger partial charge >= 0.3 is 0 Å². The second-order valence-corrected chi connectivity index (χ2v) is 5.62. The molecule has 1 saturated heterocycles. The molecule has 0 bridgehead atoms. The Morgan fingerprint density at radius 2 is 2.33 bits per heavy atom. The van der Waals surface area contributed by atoms with Gasteiger partial charge in [0.05, 0.1) is 19.3 Å². The van der Waals surface area contributed by atoms with Crippen LogP contribution in [0.4, 0.5) is 0 Å². The number of carbonyl (C=O) groups is 1. The van der Waals surface area contributed by atoms with Crippen molar-refractivity contribution in [2.24, 2.45) is 4.99 Å². The number of carbonyl (C=O) groups excluding carboxylic acids is 1. The van der Waals surface area contributed by atoms with Gasteiger partial charge in [0, 0.05) is 18.8 Å². The Labute approximate surface area is 112 Å². The third kappa shape index (κ3) is 3.38. The number of hydrogen-bond acceptors (Lipinski definition) is 5. The number of aliphatic imine (C=N–C) groups is 1. The molecule has 2 unspecified atom stereocenters. The molecule has 2 rings (SSSR count). The average molecular weight is 271 g/mol. The molecule has 0 aliphatic carbocycles. The van der Waals surface area contributed by atoms with Crippen LogP contribution in [0.25, 0.3) is 0 Å². The van der Waals surface area contributed by atoms with Gasteiger partial charge in [0.2, 0.25) is 5.91 Å². The Kier molecular flexibility index (Phi) is 4.88. The number of amides is 1. The van der Waals surface area contributed by atoms with Crippen LogP contribution in [0.5, 0.6) is 0 Å². The summed E-state index contributed by atoms with van der Waals surface area (Å²) >= 11 is 1.71. The molecule has 0 aromatic carbocycles. The molecule has 2 aliphatic rings. The van der Waals surface area contributed by atoms with Crippen molar-refractivity contribution in [3.63, 3.8) is 0 Å². The number of nitrogens with one attached hydrogen (secondary N) is 1. The van der Waals surface area contributed by atoms with E-state index in [0.29, 0.717) is 32.3 Å². The quantitative estimate of drug-likeness (QED) is 0.821. The van der Waals surface area contributed by atoms with E-state index < -0.39 is 0 Å². The van der Waals surface area contributed by atoms with E-state index in [4.69, 9.17) is 4.74 Å². The second kappa shape index (κ2) is 6.43. The summed E-state index contributed by atoms with van der Waals surface area (Å²) in [6.07, 6.45) is 1.06. The lowest BCUT2D eigenvalue weighted by atomic mass is 10.2. The van der Waals surface area contributed by atoms with Crippen LogP contribution in [0.1, 0.15) is 20.3 Å². The van der Waals surface area contributed by atoms with Crippen LogP contribution in [0, 0.1) is 0 Å². The molecule has 0 saturated carbocycles. The molecule has 0 aromatic rings. The lowest BCUT2D eigenvalue weighted by Crippen LogP contribution is -2.50. The van der Waals surface area contributed by atoms with E-state index in [1.165, 1.54) is 0 Å². The van der Waals surface area contributed by atoms with Crippen molar-refractivity contribution in [1.82, 2.24) is 10.2 Å². The van der Waals surface area contributed by atoms with Gasteiger partial charge in [-0.3, -0.25) is 9.79 Å². The van der Waals surface area contributed by atoms with Crippen LogP contribution in [-0.2, 0) is 9.53 Å². The predicted octanol–water partition coefficient (Wildman–Crippen LogP) is 0.705. The van der Waals surface area contributed by atoms with Crippen LogP contribution in [0.2, 0.25) is 0 Å². The molecule has 2 heterocycles. The first kappa shape index (κ1) is 13.7.